The Labute approximate surface area is 128 Å². The number of carbonyl (C=O) groups excluding carboxylic acids is 1. The zero-order valence-electron chi connectivity index (χ0n) is 13.3. The first-order valence-corrected chi connectivity index (χ1v) is 8.16. The molecule has 1 aliphatic rings. The van der Waals surface area contributed by atoms with E-state index in [1.807, 2.05) is 0 Å². The van der Waals surface area contributed by atoms with Gasteiger partial charge >= 0.3 is 0 Å². The van der Waals surface area contributed by atoms with Gasteiger partial charge in [0.2, 0.25) is 5.91 Å². The summed E-state index contributed by atoms with van der Waals surface area (Å²) in [5.74, 6) is 1.23. The van der Waals surface area contributed by atoms with Gasteiger partial charge in [-0.25, -0.2) is 0 Å². The lowest BCUT2D eigenvalue weighted by Crippen LogP contribution is -2.40. The summed E-state index contributed by atoms with van der Waals surface area (Å²) < 4.78 is 0. The Morgan fingerprint density at radius 2 is 2.10 bits per heavy atom. The normalized spacial score (nSPS) is 19.7. The second kappa shape index (κ2) is 8.18. The van der Waals surface area contributed by atoms with Crippen molar-refractivity contribution >= 4 is 5.91 Å². The predicted molar refractivity (Wildman–Crippen MR) is 86.9 cm³/mol. The Balaban J connectivity index is 1.74. The molecule has 1 heterocycles. The molecule has 1 N–H and O–H groups in total. The second-order valence-corrected chi connectivity index (χ2v) is 6.63. The largest absolute Gasteiger partial charge is 0.356 e. The van der Waals surface area contributed by atoms with Gasteiger partial charge in [0.15, 0.2) is 0 Å². The van der Waals surface area contributed by atoms with E-state index in [0.717, 1.165) is 19.6 Å². The highest BCUT2D eigenvalue weighted by molar-refractivity contribution is 5.76. The van der Waals surface area contributed by atoms with Crippen LogP contribution in [0.3, 0.4) is 0 Å². The van der Waals surface area contributed by atoms with E-state index in [-0.39, 0.29) is 5.91 Å². The topological polar surface area (TPSA) is 32.3 Å². The number of amides is 1. The van der Waals surface area contributed by atoms with Crippen LogP contribution < -0.4 is 5.32 Å². The third kappa shape index (κ3) is 5.88. The van der Waals surface area contributed by atoms with Crippen molar-refractivity contribution in [2.24, 2.45) is 11.8 Å². The minimum absolute atomic E-state index is 0.199. The van der Waals surface area contributed by atoms with Gasteiger partial charge in [-0.15, -0.1) is 0 Å². The molecule has 1 fully saturated rings. The molecule has 3 nitrogen and oxygen atoms in total. The highest BCUT2D eigenvalue weighted by Gasteiger charge is 2.20. The number of piperidine rings is 1. The molecular formula is C18H28N2O. The summed E-state index contributed by atoms with van der Waals surface area (Å²) in [6.45, 7) is 8.29. The van der Waals surface area contributed by atoms with Crippen molar-refractivity contribution in [1.29, 1.82) is 0 Å². The molecule has 1 amide bonds. The van der Waals surface area contributed by atoms with Crippen molar-refractivity contribution in [1.82, 2.24) is 10.2 Å². The van der Waals surface area contributed by atoms with Gasteiger partial charge in [0, 0.05) is 26.1 Å². The van der Waals surface area contributed by atoms with Crippen molar-refractivity contribution in [2.45, 2.75) is 39.7 Å². The first-order chi connectivity index (χ1) is 10.1. The summed E-state index contributed by atoms with van der Waals surface area (Å²) >= 11 is 0. The summed E-state index contributed by atoms with van der Waals surface area (Å²) in [6.07, 6.45) is 3.10. The zero-order valence-corrected chi connectivity index (χ0v) is 13.3. The highest BCUT2D eigenvalue weighted by atomic mass is 16.1. The summed E-state index contributed by atoms with van der Waals surface area (Å²) in [7, 11) is 0. The van der Waals surface area contributed by atoms with Gasteiger partial charge in [0.25, 0.3) is 0 Å². The molecule has 1 aromatic carbocycles. The predicted octanol–water partition coefficient (Wildman–Crippen LogP) is 3.06. The molecule has 0 aromatic heterocycles. The molecule has 0 spiro atoms. The minimum atomic E-state index is 0.199. The van der Waals surface area contributed by atoms with Gasteiger partial charge in [0.05, 0.1) is 0 Å². The Morgan fingerprint density at radius 1 is 1.33 bits per heavy atom. The van der Waals surface area contributed by atoms with E-state index in [4.69, 9.17) is 0 Å². The summed E-state index contributed by atoms with van der Waals surface area (Å²) in [5.41, 5.74) is 1.38. The van der Waals surface area contributed by atoms with Gasteiger partial charge in [-0.2, -0.15) is 0 Å². The van der Waals surface area contributed by atoms with Gasteiger partial charge < -0.3 is 5.32 Å². The zero-order chi connectivity index (χ0) is 15.1. The van der Waals surface area contributed by atoms with E-state index in [9.17, 15) is 4.79 Å². The van der Waals surface area contributed by atoms with Crippen LogP contribution in [0.15, 0.2) is 30.3 Å². The lowest BCUT2D eigenvalue weighted by molar-refractivity contribution is -0.122. The number of likely N-dealkylation sites (tertiary alicyclic amines) is 1. The van der Waals surface area contributed by atoms with Crippen LogP contribution in [-0.2, 0) is 11.3 Å². The molecule has 0 saturated carbocycles. The number of nitrogens with zero attached hydrogens (tertiary/aromatic N) is 1. The van der Waals surface area contributed by atoms with Crippen LogP contribution in [0.25, 0.3) is 0 Å². The van der Waals surface area contributed by atoms with Crippen LogP contribution >= 0.6 is 0 Å². The fourth-order valence-corrected chi connectivity index (χ4v) is 3.00. The lowest BCUT2D eigenvalue weighted by atomic mass is 9.97. The Morgan fingerprint density at radius 3 is 2.81 bits per heavy atom. The molecule has 21 heavy (non-hydrogen) atoms. The van der Waals surface area contributed by atoms with Crippen LogP contribution in [0.4, 0.5) is 0 Å². The molecule has 0 bridgehead atoms. The average molecular weight is 288 g/mol. The first-order valence-electron chi connectivity index (χ1n) is 8.16. The van der Waals surface area contributed by atoms with Crippen molar-refractivity contribution in [3.8, 4) is 0 Å². The average Bonchev–Trinajstić information content (AvgIpc) is 2.46. The Kier molecular flexibility index (Phi) is 6.24. The molecule has 2 rings (SSSR count). The molecular weight excluding hydrogens is 260 g/mol. The molecule has 1 atom stereocenters. The number of hydrogen-bond acceptors (Lipinski definition) is 2. The summed E-state index contributed by atoms with van der Waals surface area (Å²) in [6, 6.07) is 10.6. The van der Waals surface area contributed by atoms with Crippen LogP contribution in [0.1, 0.15) is 38.7 Å². The lowest BCUT2D eigenvalue weighted by Gasteiger charge is -2.32. The summed E-state index contributed by atoms with van der Waals surface area (Å²) in [5, 5.41) is 3.10. The van der Waals surface area contributed by atoms with Crippen molar-refractivity contribution in [2.75, 3.05) is 19.6 Å². The van der Waals surface area contributed by atoms with Crippen LogP contribution in [0.2, 0.25) is 0 Å². The van der Waals surface area contributed by atoms with Crippen molar-refractivity contribution in [3.05, 3.63) is 35.9 Å². The van der Waals surface area contributed by atoms with Gasteiger partial charge in [-0.3, -0.25) is 9.69 Å². The molecule has 3 heteroatoms. The molecule has 0 aliphatic carbocycles. The minimum Gasteiger partial charge on any atom is -0.356 e. The maximum atomic E-state index is 11.7. The first kappa shape index (κ1) is 16.0. The maximum Gasteiger partial charge on any atom is 0.220 e. The van der Waals surface area contributed by atoms with E-state index in [2.05, 4.69) is 54.4 Å². The molecule has 116 valence electrons. The number of nitrogens with one attached hydrogen (secondary N) is 1. The quantitative estimate of drug-likeness (QED) is 0.872. The third-order valence-electron chi connectivity index (χ3n) is 4.03. The smallest absolute Gasteiger partial charge is 0.220 e. The fourth-order valence-electron chi connectivity index (χ4n) is 3.00. The molecule has 1 saturated heterocycles. The summed E-state index contributed by atoms with van der Waals surface area (Å²) in [4.78, 5) is 14.3. The van der Waals surface area contributed by atoms with E-state index in [1.54, 1.807) is 0 Å². The Hall–Kier alpha value is -1.35. The van der Waals surface area contributed by atoms with Crippen molar-refractivity contribution < 1.29 is 4.79 Å². The standard InChI is InChI=1S/C18H28N2O/c1-15(2)11-18(21)19-12-17-9-6-10-20(14-17)13-16-7-4-3-5-8-16/h3-5,7-8,15,17H,6,9-14H2,1-2H3,(H,19,21)/t17-/m1/s1. The SMILES string of the molecule is CC(C)CC(=O)NC[C@H]1CCCN(Cc2ccccc2)C1. The van der Waals surface area contributed by atoms with Crippen molar-refractivity contribution in [3.63, 3.8) is 0 Å². The number of rotatable bonds is 6. The molecule has 1 aromatic rings. The number of hydrogen-bond donors (Lipinski definition) is 1. The van der Waals surface area contributed by atoms with E-state index in [1.165, 1.54) is 24.9 Å². The van der Waals surface area contributed by atoms with Gasteiger partial charge in [-0.1, -0.05) is 44.2 Å². The molecule has 1 aliphatic heterocycles. The van der Waals surface area contributed by atoms with Crippen LogP contribution in [0.5, 0.6) is 0 Å². The maximum absolute atomic E-state index is 11.7. The van der Waals surface area contributed by atoms with Crippen LogP contribution in [0, 0.1) is 11.8 Å². The molecule has 0 unspecified atom stereocenters. The number of carbonyl (C=O) groups is 1. The Bertz CT molecular complexity index is 430. The van der Waals surface area contributed by atoms with Gasteiger partial charge in [0.1, 0.15) is 0 Å². The number of benzene rings is 1. The molecule has 0 radical (unpaired) electrons. The second-order valence-electron chi connectivity index (χ2n) is 6.63. The van der Waals surface area contributed by atoms with E-state index >= 15 is 0 Å². The fraction of sp³-hybridized carbons (Fsp3) is 0.611. The monoisotopic (exact) mass is 288 g/mol. The van der Waals surface area contributed by atoms with Gasteiger partial charge in [-0.05, 0) is 36.8 Å². The van der Waals surface area contributed by atoms with E-state index in [0.29, 0.717) is 18.3 Å². The highest BCUT2D eigenvalue weighted by Crippen LogP contribution is 2.18. The van der Waals surface area contributed by atoms with E-state index < -0.39 is 0 Å². The van der Waals surface area contributed by atoms with Crippen LogP contribution in [-0.4, -0.2) is 30.4 Å². The third-order valence-corrected chi connectivity index (χ3v) is 4.03.